The summed E-state index contributed by atoms with van der Waals surface area (Å²) >= 11 is 18.9. The molecule has 0 aliphatic rings. The Balaban J connectivity index is 1.50. The van der Waals surface area contributed by atoms with E-state index >= 15 is 8.42 Å². The van der Waals surface area contributed by atoms with Gasteiger partial charge in [-0.25, -0.2) is 26.6 Å². The molecule has 22 heteroatoms. The molecule has 7 aromatic rings. The number of halogens is 3. The summed E-state index contributed by atoms with van der Waals surface area (Å²) in [5, 5.41) is 15.9. The summed E-state index contributed by atoms with van der Waals surface area (Å²) in [6, 6.07) is 28.4. The van der Waals surface area contributed by atoms with E-state index in [0.717, 1.165) is 9.87 Å². The third kappa shape index (κ3) is 11.6. The predicted molar refractivity (Wildman–Crippen MR) is 258 cm³/mol. The normalized spacial score (nSPS) is 12.3. The van der Waals surface area contributed by atoms with Gasteiger partial charge >= 0.3 is 6.09 Å². The van der Waals surface area contributed by atoms with Crippen molar-refractivity contribution in [1.82, 2.24) is 39.8 Å². The molecular weight excluding hydrogens is 979 g/mol. The molecule has 1 amide bonds. The molecule has 68 heavy (non-hydrogen) atoms. The number of carbonyl (C=O) groups is 1. The summed E-state index contributed by atoms with van der Waals surface area (Å²) < 4.78 is 82.5. The Morgan fingerprint density at radius 3 is 1.84 bits per heavy atom. The molecule has 0 radical (unpaired) electrons. The van der Waals surface area contributed by atoms with Gasteiger partial charge in [0.1, 0.15) is 27.7 Å². The number of para-hydroxylation sites is 1. The van der Waals surface area contributed by atoms with Crippen LogP contribution in [0.1, 0.15) is 43.3 Å². The van der Waals surface area contributed by atoms with E-state index in [1.165, 1.54) is 31.1 Å². The number of sulfone groups is 1. The number of sulfonamides is 1. The third-order valence-electron chi connectivity index (χ3n) is 10.4. The van der Waals surface area contributed by atoms with E-state index in [1.807, 2.05) is 0 Å². The zero-order valence-electron chi connectivity index (χ0n) is 37.7. The van der Waals surface area contributed by atoms with Gasteiger partial charge in [0.2, 0.25) is 19.6 Å². The van der Waals surface area contributed by atoms with E-state index in [9.17, 15) is 13.2 Å². The number of benzene rings is 5. The van der Waals surface area contributed by atoms with Crippen LogP contribution in [-0.4, -0.2) is 96.6 Å². The highest BCUT2D eigenvalue weighted by molar-refractivity contribution is 7.93. The molecule has 17 nitrogen and oxygen atoms in total. The largest absolute Gasteiger partial charge is 0.497 e. The van der Waals surface area contributed by atoms with Crippen LogP contribution in [0.4, 0.5) is 4.79 Å². The van der Waals surface area contributed by atoms with E-state index in [-0.39, 0.29) is 47.9 Å². The Hall–Kier alpha value is -5.96. The minimum atomic E-state index is -4.99. The molecule has 0 spiro atoms. The van der Waals surface area contributed by atoms with Crippen LogP contribution in [0.15, 0.2) is 113 Å². The number of alkyl halides is 3. The van der Waals surface area contributed by atoms with Crippen LogP contribution in [0.3, 0.4) is 0 Å². The number of nitrogens with zero attached hydrogens (tertiary/aromatic N) is 6. The monoisotopic (exact) mass is 1020 g/mol. The molecule has 2 aromatic heterocycles. The lowest BCUT2D eigenvalue weighted by Gasteiger charge is -2.26. The predicted octanol–water partition coefficient (Wildman–Crippen LogP) is 8.47. The number of H-pyrrole nitrogens is 1. The second-order valence-electron chi connectivity index (χ2n) is 16.3. The number of aromatic nitrogens is 6. The van der Waals surface area contributed by atoms with Crippen LogP contribution in [-0.2, 0) is 48.0 Å². The van der Waals surface area contributed by atoms with Crippen LogP contribution >= 0.6 is 34.8 Å². The Bertz CT molecular complexity index is 3090. The maximum atomic E-state index is 16.1. The third-order valence-corrected chi connectivity index (χ3v) is 14.7. The average molecular weight is 1030 g/mol. The molecule has 0 saturated heterocycles. The number of methoxy groups -OCH3 is 3. The number of imidazole rings is 1. The fourth-order valence-electron chi connectivity index (χ4n) is 7.14. The zero-order chi connectivity index (χ0) is 49.0. The lowest BCUT2D eigenvalue weighted by molar-refractivity contribution is 0.0531. The molecule has 7 rings (SSSR count). The lowest BCUT2D eigenvalue weighted by Crippen LogP contribution is -2.35. The van der Waals surface area contributed by atoms with Crippen molar-refractivity contribution in [2.75, 3.05) is 33.6 Å². The van der Waals surface area contributed by atoms with Gasteiger partial charge in [-0.1, -0.05) is 89.4 Å². The fraction of sp³-hybridized carbons (Fsp3) is 0.283. The summed E-state index contributed by atoms with van der Waals surface area (Å²) in [6.07, 6.45) is -0.860. The highest BCUT2D eigenvalue weighted by Gasteiger charge is 2.38. The van der Waals surface area contributed by atoms with E-state index in [4.69, 9.17) is 58.8 Å². The van der Waals surface area contributed by atoms with E-state index < -0.39 is 57.4 Å². The molecule has 2 N–H and O–H groups in total. The molecule has 0 bridgehead atoms. The molecule has 2 heterocycles. The smallest absolute Gasteiger partial charge is 0.407 e. The minimum Gasteiger partial charge on any atom is -0.497 e. The number of fused-ring (bicyclic) bond motifs is 1. The first-order chi connectivity index (χ1) is 32.2. The average Bonchev–Trinajstić information content (AvgIpc) is 3.96. The van der Waals surface area contributed by atoms with Gasteiger partial charge < -0.3 is 29.2 Å². The Morgan fingerprint density at radius 2 is 1.31 bits per heavy atom. The van der Waals surface area contributed by atoms with Crippen molar-refractivity contribution in [1.29, 1.82) is 0 Å². The maximum absolute atomic E-state index is 16.1. The summed E-state index contributed by atoms with van der Waals surface area (Å²) in [6.45, 7) is 4.17. The summed E-state index contributed by atoms with van der Waals surface area (Å²) in [5.74, 6) is 0.707. The van der Waals surface area contributed by atoms with Crippen molar-refractivity contribution >= 4 is 71.8 Å². The summed E-state index contributed by atoms with van der Waals surface area (Å²) in [7, 11) is -5.04. The molecule has 5 aromatic carbocycles. The number of ether oxygens (including phenoxy) is 4. The topological polar surface area (TPSA) is 210 Å². The number of amides is 1. The van der Waals surface area contributed by atoms with Gasteiger partial charge in [0, 0.05) is 25.2 Å². The van der Waals surface area contributed by atoms with E-state index in [1.54, 1.807) is 119 Å². The van der Waals surface area contributed by atoms with E-state index in [2.05, 4.69) is 25.6 Å². The highest BCUT2D eigenvalue weighted by Crippen LogP contribution is 2.44. The van der Waals surface area contributed by atoms with Crippen LogP contribution < -0.4 is 19.5 Å². The van der Waals surface area contributed by atoms with E-state index in [0.29, 0.717) is 39.5 Å². The van der Waals surface area contributed by atoms with Gasteiger partial charge in [0.05, 0.1) is 55.1 Å². The fourth-order valence-corrected chi connectivity index (χ4v) is 11.0. The summed E-state index contributed by atoms with van der Waals surface area (Å²) in [5.41, 5.74) is 1.90. The number of hydrogen-bond acceptors (Lipinski definition) is 13. The Labute approximate surface area is 408 Å². The SMILES string of the molecule is COc1ccc(CN(Cc2ccc(OC)cc2)S(=O)(=O)c2c(S(=O)(=O)CCNC(=O)OC(C)(C)C)ccc(-c3cccc4[nH]c(C(Cl)(Cl)Cl)nc34)c2-c2nnn(Cc3ccc(OC)cc3)n2)cc1. The van der Waals surface area contributed by atoms with Crippen molar-refractivity contribution < 1.29 is 40.6 Å². The van der Waals surface area contributed by atoms with Gasteiger partial charge in [-0.15, -0.1) is 10.2 Å². The molecule has 0 atom stereocenters. The number of nitrogens with one attached hydrogen (secondary N) is 2. The highest BCUT2D eigenvalue weighted by atomic mass is 35.6. The second-order valence-corrected chi connectivity index (χ2v) is 22.5. The van der Waals surface area contributed by atoms with Crippen LogP contribution in [0.2, 0.25) is 0 Å². The number of rotatable bonds is 17. The standard InChI is InChI=1S/C46H47Cl3N8O9S2/c1-45(2,3)66-44(58)50-24-25-67(59,60)38-23-22-35(36-8-7-9-37-40(36)52-43(51-37)46(47,48)49)39(42-53-55-57(54-42)28-31-14-20-34(65-6)21-15-31)41(38)68(61,62)56(26-29-10-16-32(63-4)17-11-29)27-30-12-18-33(64-5)19-13-30/h7-23H,24-28H2,1-6H3,(H,50,58)(H,51,52). The Kier molecular flexibility index (Phi) is 14.9. The molecule has 0 aliphatic carbocycles. The number of alkyl carbamates (subject to hydrolysis) is 1. The second kappa shape index (κ2) is 20.3. The number of aromatic amines is 1. The van der Waals surface area contributed by atoms with Crippen molar-refractivity contribution in [3.05, 3.63) is 126 Å². The van der Waals surface area contributed by atoms with Gasteiger partial charge in [-0.2, -0.15) is 9.10 Å². The van der Waals surface area contributed by atoms with Crippen LogP contribution in [0, 0.1) is 0 Å². The molecule has 0 fully saturated rings. The van der Waals surface area contributed by atoms with Crippen molar-refractivity contribution in [2.45, 2.75) is 59.6 Å². The summed E-state index contributed by atoms with van der Waals surface area (Å²) in [4.78, 5) is 20.3. The molecule has 0 saturated carbocycles. The first-order valence-electron chi connectivity index (χ1n) is 20.8. The number of tetrazole rings is 1. The van der Waals surface area contributed by atoms with Crippen LogP contribution in [0.25, 0.3) is 33.5 Å². The minimum absolute atomic E-state index is 0.0234. The zero-order valence-corrected chi connectivity index (χ0v) is 41.6. The molecule has 358 valence electrons. The number of hydrogen-bond donors (Lipinski definition) is 2. The quantitative estimate of drug-likeness (QED) is 0.0821. The Morgan fingerprint density at radius 1 is 0.750 bits per heavy atom. The van der Waals surface area contributed by atoms with Crippen LogP contribution in [0.5, 0.6) is 17.2 Å². The van der Waals surface area contributed by atoms with Crippen molar-refractivity contribution in [2.24, 2.45) is 0 Å². The number of carbonyl (C=O) groups excluding carboxylic acids is 1. The lowest BCUT2D eigenvalue weighted by atomic mass is 9.98. The van der Waals surface area contributed by atoms with Gasteiger partial charge in [-0.3, -0.25) is 0 Å². The maximum Gasteiger partial charge on any atom is 0.407 e. The molecule has 0 aliphatic heterocycles. The molecule has 0 unspecified atom stereocenters. The van der Waals surface area contributed by atoms with Crippen molar-refractivity contribution in [3.8, 4) is 39.8 Å². The van der Waals surface area contributed by atoms with Gasteiger partial charge in [0.15, 0.2) is 15.7 Å². The first-order valence-corrected chi connectivity index (χ1v) is 25.0. The van der Waals surface area contributed by atoms with Crippen molar-refractivity contribution in [3.63, 3.8) is 0 Å². The van der Waals surface area contributed by atoms with Gasteiger partial charge in [0.25, 0.3) is 0 Å². The van der Waals surface area contributed by atoms with Gasteiger partial charge in [-0.05, 0) is 96.8 Å². The molecular formula is C46H47Cl3N8O9S2. The first kappa shape index (κ1) is 49.9.